The minimum atomic E-state index is -1.11. The fourth-order valence-corrected chi connectivity index (χ4v) is 2.03. The van der Waals surface area contributed by atoms with Crippen LogP contribution in [0.2, 0.25) is 0 Å². The average molecular weight is 278 g/mol. The van der Waals surface area contributed by atoms with Crippen LogP contribution in [0, 0.1) is 0 Å². The topological polar surface area (TPSA) is 44.8 Å². The highest BCUT2D eigenvalue weighted by Crippen LogP contribution is 2.12. The van der Waals surface area contributed by atoms with Crippen molar-refractivity contribution in [1.29, 1.82) is 0 Å². The third-order valence-corrected chi connectivity index (χ3v) is 3.23. The van der Waals surface area contributed by atoms with E-state index in [1.165, 1.54) is 19.1 Å². The van der Waals surface area contributed by atoms with Gasteiger partial charge < -0.3 is 13.7 Å². The van der Waals surface area contributed by atoms with E-state index in [0.29, 0.717) is 5.75 Å². The molecule has 1 heterocycles. The summed E-state index contributed by atoms with van der Waals surface area (Å²) in [7, 11) is 0. The van der Waals surface area contributed by atoms with Gasteiger partial charge in [0.25, 0.3) is 0 Å². The maximum atomic E-state index is 10.6. The van der Waals surface area contributed by atoms with Crippen LogP contribution in [-0.2, 0) is 24.7 Å². The quantitative estimate of drug-likeness (QED) is 0.700. The summed E-state index contributed by atoms with van der Waals surface area (Å²) in [5, 5.41) is 0. The van der Waals surface area contributed by atoms with Crippen LogP contribution < -0.4 is 0 Å². The molecule has 5 heteroatoms. The summed E-state index contributed by atoms with van der Waals surface area (Å²) in [5.74, 6) is 0.615. The van der Waals surface area contributed by atoms with Gasteiger partial charge in [-0.3, -0.25) is 0 Å². The zero-order valence-corrected chi connectivity index (χ0v) is 12.5. The molecule has 18 heavy (non-hydrogen) atoms. The van der Waals surface area contributed by atoms with Crippen LogP contribution in [0.5, 0.6) is 0 Å². The molecule has 0 radical (unpaired) electrons. The fourth-order valence-electron chi connectivity index (χ4n) is 1.36. The second kappa shape index (κ2) is 13.1. The number of hydrogen-bond acceptors (Lipinski definition) is 4. The van der Waals surface area contributed by atoms with E-state index >= 15 is 0 Å². The van der Waals surface area contributed by atoms with Crippen molar-refractivity contribution in [2.45, 2.75) is 52.7 Å². The van der Waals surface area contributed by atoms with E-state index in [9.17, 15) is 4.21 Å². The minimum absolute atomic E-state index is 0.101. The fraction of sp³-hybridized carbons (Fsp3) is 0.846. The Morgan fingerprint density at radius 3 is 2.67 bits per heavy atom. The molecule has 4 nitrogen and oxygen atoms in total. The van der Waals surface area contributed by atoms with Crippen molar-refractivity contribution in [2.24, 2.45) is 0 Å². The molecule has 0 N–H and O–H groups in total. The first-order valence-electron chi connectivity index (χ1n) is 6.64. The van der Waals surface area contributed by atoms with E-state index in [2.05, 4.69) is 0 Å². The zero-order valence-electron chi connectivity index (χ0n) is 11.7. The maximum absolute atomic E-state index is 10.6. The first-order chi connectivity index (χ1) is 8.74. The van der Waals surface area contributed by atoms with Gasteiger partial charge in [-0.25, -0.2) is 4.21 Å². The molecule has 1 saturated heterocycles. The van der Waals surface area contributed by atoms with E-state index in [4.69, 9.17) is 13.7 Å². The van der Waals surface area contributed by atoms with Gasteiger partial charge in [-0.1, -0.05) is 13.0 Å². The number of hydrogen-bond donors (Lipinski definition) is 0. The van der Waals surface area contributed by atoms with Crippen molar-refractivity contribution < 1.29 is 17.9 Å². The van der Waals surface area contributed by atoms with Crippen LogP contribution in [0.25, 0.3) is 0 Å². The zero-order chi connectivity index (χ0) is 13.6. The second-order valence-corrected chi connectivity index (χ2v) is 5.03. The van der Waals surface area contributed by atoms with Gasteiger partial charge in [-0.2, -0.15) is 0 Å². The highest BCUT2D eigenvalue weighted by atomic mass is 32.2. The maximum Gasteiger partial charge on any atom is 0.205 e. The summed E-state index contributed by atoms with van der Waals surface area (Å²) >= 11 is -1.11. The Bertz CT molecular complexity index is 222. The third kappa shape index (κ3) is 10.7. The van der Waals surface area contributed by atoms with Gasteiger partial charge in [-0.15, -0.1) is 0 Å². The van der Waals surface area contributed by atoms with E-state index in [0.717, 1.165) is 26.1 Å². The molecule has 2 atom stereocenters. The molecule has 0 aromatic heterocycles. The molecular weight excluding hydrogens is 252 g/mol. The molecule has 2 unspecified atom stereocenters. The van der Waals surface area contributed by atoms with E-state index < -0.39 is 11.1 Å². The first kappa shape index (κ1) is 17.6. The van der Waals surface area contributed by atoms with Crippen molar-refractivity contribution in [1.82, 2.24) is 0 Å². The molecule has 0 aromatic rings. The molecule has 0 saturated carbocycles. The Morgan fingerprint density at radius 2 is 2.17 bits per heavy atom. The minimum Gasteiger partial charge on any atom is -0.409 e. The summed E-state index contributed by atoms with van der Waals surface area (Å²) < 4.78 is 25.9. The van der Waals surface area contributed by atoms with Gasteiger partial charge in [0.15, 0.2) is 6.29 Å². The molecule has 108 valence electrons. The molecule has 0 aliphatic carbocycles. The summed E-state index contributed by atoms with van der Waals surface area (Å²) in [6.45, 7) is 7.44. The van der Waals surface area contributed by atoms with Gasteiger partial charge in [0.2, 0.25) is 11.1 Å². The molecular formula is C13H26O4S. The number of rotatable bonds is 6. The molecule has 1 aliphatic rings. The van der Waals surface area contributed by atoms with E-state index in [-0.39, 0.29) is 6.29 Å². The van der Waals surface area contributed by atoms with Gasteiger partial charge >= 0.3 is 0 Å². The van der Waals surface area contributed by atoms with Crippen LogP contribution in [-0.4, -0.2) is 29.5 Å². The van der Waals surface area contributed by atoms with Crippen LogP contribution in [0.4, 0.5) is 0 Å². The van der Waals surface area contributed by atoms with Gasteiger partial charge in [0.05, 0.1) is 12.0 Å². The van der Waals surface area contributed by atoms with Crippen LogP contribution in [0.15, 0.2) is 12.3 Å². The molecule has 1 rings (SSSR count). The molecule has 1 aliphatic heterocycles. The van der Waals surface area contributed by atoms with Crippen molar-refractivity contribution in [3.05, 3.63) is 12.3 Å². The molecule has 0 bridgehead atoms. The SMILES string of the molecule is C/C=C/OS(=O)CCC.CCOC1CCCCO1. The molecule has 0 aromatic carbocycles. The Morgan fingerprint density at radius 1 is 1.39 bits per heavy atom. The van der Waals surface area contributed by atoms with Crippen molar-refractivity contribution in [2.75, 3.05) is 19.0 Å². The molecule has 1 fully saturated rings. The smallest absolute Gasteiger partial charge is 0.205 e. The number of allylic oxidation sites excluding steroid dienone is 1. The van der Waals surface area contributed by atoms with Gasteiger partial charge in [0, 0.05) is 13.2 Å². The summed E-state index contributed by atoms with van der Waals surface area (Å²) in [4.78, 5) is 0. The number of ether oxygens (including phenoxy) is 2. The Labute approximate surface area is 113 Å². The highest BCUT2D eigenvalue weighted by Gasteiger charge is 2.11. The van der Waals surface area contributed by atoms with E-state index in [1.54, 1.807) is 6.08 Å². The monoisotopic (exact) mass is 278 g/mol. The first-order valence-corrected chi connectivity index (χ1v) is 7.88. The van der Waals surface area contributed by atoms with Crippen molar-refractivity contribution in [3.8, 4) is 0 Å². The molecule has 0 amide bonds. The average Bonchev–Trinajstić information content (AvgIpc) is 2.39. The Kier molecular flexibility index (Phi) is 12.8. The lowest BCUT2D eigenvalue weighted by Gasteiger charge is -2.21. The van der Waals surface area contributed by atoms with Crippen molar-refractivity contribution in [3.63, 3.8) is 0 Å². The molecule has 0 spiro atoms. The predicted octanol–water partition coefficient (Wildman–Crippen LogP) is 3.16. The van der Waals surface area contributed by atoms with Crippen LogP contribution in [0.3, 0.4) is 0 Å². The lowest BCUT2D eigenvalue weighted by molar-refractivity contribution is -0.159. The van der Waals surface area contributed by atoms with E-state index in [1.807, 2.05) is 20.8 Å². The van der Waals surface area contributed by atoms with Crippen LogP contribution in [0.1, 0.15) is 46.5 Å². The highest BCUT2D eigenvalue weighted by molar-refractivity contribution is 7.80. The van der Waals surface area contributed by atoms with Gasteiger partial charge in [0.1, 0.15) is 0 Å². The summed E-state index contributed by atoms with van der Waals surface area (Å²) in [6.07, 6.45) is 7.69. The summed E-state index contributed by atoms with van der Waals surface area (Å²) in [6, 6.07) is 0. The third-order valence-electron chi connectivity index (χ3n) is 2.16. The van der Waals surface area contributed by atoms with Gasteiger partial charge in [-0.05, 0) is 39.5 Å². The lowest BCUT2D eigenvalue weighted by Crippen LogP contribution is -2.21. The summed E-state index contributed by atoms with van der Waals surface area (Å²) in [5.41, 5.74) is 0. The van der Waals surface area contributed by atoms with Crippen molar-refractivity contribution >= 4 is 11.1 Å². The predicted molar refractivity (Wildman–Crippen MR) is 74.4 cm³/mol. The largest absolute Gasteiger partial charge is 0.409 e. The normalized spacial score (nSPS) is 21.2. The Balaban J connectivity index is 0.000000321. The standard InChI is InChI=1S/C7H14O2.C6H12O2S/c1-2-8-7-5-3-4-6-9-7;1-3-5-8-9(7)6-4-2/h7H,2-6H2,1H3;3,5H,4,6H2,1-2H3/b;5-3+. The van der Waals surface area contributed by atoms with Crippen LogP contribution >= 0.6 is 0 Å². The second-order valence-electron chi connectivity index (χ2n) is 3.82. The Hall–Kier alpha value is -0.390. The lowest BCUT2D eigenvalue weighted by atomic mass is 10.2.